The van der Waals surface area contributed by atoms with Gasteiger partial charge in [0.1, 0.15) is 5.76 Å². The van der Waals surface area contributed by atoms with Crippen LogP contribution in [0.3, 0.4) is 0 Å². The van der Waals surface area contributed by atoms with Gasteiger partial charge in [-0.3, -0.25) is 0 Å². The largest absolute Gasteiger partial charge is 0.453 e. The van der Waals surface area contributed by atoms with Crippen molar-refractivity contribution in [2.75, 3.05) is 6.54 Å². The highest BCUT2D eigenvalue weighted by Gasteiger charge is 2.23. The predicted molar refractivity (Wildman–Crippen MR) is 71.4 cm³/mol. The Morgan fingerprint density at radius 3 is 2.38 bits per heavy atom. The van der Waals surface area contributed by atoms with Gasteiger partial charge in [-0.2, -0.15) is 0 Å². The minimum Gasteiger partial charge on any atom is -0.453 e. The van der Waals surface area contributed by atoms with Gasteiger partial charge in [0.15, 0.2) is 4.67 Å². The topological polar surface area (TPSA) is 25.2 Å². The maximum absolute atomic E-state index is 5.53. The maximum atomic E-state index is 5.53. The fraction of sp³-hybridized carbons (Fsp3) is 0.692. The summed E-state index contributed by atoms with van der Waals surface area (Å²) in [4.78, 5) is 0. The number of halogens is 1. The summed E-state index contributed by atoms with van der Waals surface area (Å²) in [7, 11) is 0. The standard InChI is InChI=1S/C13H22BrNO/c1-9(2)13(4,5)8-15-10(3)11-6-7-12(14)16-11/h6-7,9-10,15H,8H2,1-5H3. The third-order valence-electron chi connectivity index (χ3n) is 3.45. The van der Waals surface area contributed by atoms with Crippen LogP contribution in [-0.2, 0) is 0 Å². The van der Waals surface area contributed by atoms with E-state index in [4.69, 9.17) is 4.42 Å². The highest BCUT2D eigenvalue weighted by Crippen LogP contribution is 2.26. The third kappa shape index (κ3) is 3.63. The van der Waals surface area contributed by atoms with Gasteiger partial charge < -0.3 is 9.73 Å². The SMILES string of the molecule is CC(NCC(C)(C)C(C)C)c1ccc(Br)o1. The summed E-state index contributed by atoms with van der Waals surface area (Å²) >= 11 is 3.32. The molecular weight excluding hydrogens is 266 g/mol. The molecule has 16 heavy (non-hydrogen) atoms. The van der Waals surface area contributed by atoms with Crippen LogP contribution in [0.4, 0.5) is 0 Å². The van der Waals surface area contributed by atoms with Gasteiger partial charge in [0.25, 0.3) is 0 Å². The molecule has 0 spiro atoms. The molecule has 1 rings (SSSR count). The molecule has 0 aliphatic rings. The van der Waals surface area contributed by atoms with Gasteiger partial charge in [-0.1, -0.05) is 27.7 Å². The average molecular weight is 288 g/mol. The van der Waals surface area contributed by atoms with E-state index in [2.05, 4.69) is 55.9 Å². The van der Waals surface area contributed by atoms with Crippen molar-refractivity contribution in [1.29, 1.82) is 0 Å². The molecule has 3 heteroatoms. The molecule has 0 bridgehead atoms. The zero-order chi connectivity index (χ0) is 12.3. The Kier molecular flexibility index (Phi) is 4.62. The molecule has 0 fully saturated rings. The van der Waals surface area contributed by atoms with Crippen LogP contribution in [0.25, 0.3) is 0 Å². The molecule has 0 aliphatic heterocycles. The molecular formula is C13H22BrNO. The Morgan fingerprint density at radius 1 is 1.31 bits per heavy atom. The molecule has 1 aromatic rings. The van der Waals surface area contributed by atoms with E-state index in [1.54, 1.807) is 0 Å². The number of furan rings is 1. The first-order valence-electron chi connectivity index (χ1n) is 5.81. The Bertz CT molecular complexity index is 330. The van der Waals surface area contributed by atoms with Crippen LogP contribution < -0.4 is 5.32 Å². The minimum absolute atomic E-state index is 0.254. The Labute approximate surface area is 107 Å². The quantitative estimate of drug-likeness (QED) is 0.870. The molecule has 0 saturated carbocycles. The van der Waals surface area contributed by atoms with Crippen molar-refractivity contribution in [1.82, 2.24) is 5.32 Å². The summed E-state index contributed by atoms with van der Waals surface area (Å²) in [5.41, 5.74) is 0.304. The van der Waals surface area contributed by atoms with E-state index in [1.807, 2.05) is 12.1 Å². The number of hydrogen-bond acceptors (Lipinski definition) is 2. The molecule has 1 aromatic heterocycles. The fourth-order valence-electron chi connectivity index (χ4n) is 1.28. The predicted octanol–water partition coefficient (Wildman–Crippen LogP) is 4.37. The molecule has 1 heterocycles. The summed E-state index contributed by atoms with van der Waals surface area (Å²) in [6.07, 6.45) is 0. The van der Waals surface area contributed by atoms with Crippen LogP contribution in [0.2, 0.25) is 0 Å². The molecule has 92 valence electrons. The van der Waals surface area contributed by atoms with Crippen LogP contribution >= 0.6 is 15.9 Å². The van der Waals surface area contributed by atoms with E-state index >= 15 is 0 Å². The van der Waals surface area contributed by atoms with Gasteiger partial charge in [-0.25, -0.2) is 0 Å². The van der Waals surface area contributed by atoms with Crippen molar-refractivity contribution in [3.05, 3.63) is 22.6 Å². The second-order valence-electron chi connectivity index (χ2n) is 5.39. The molecule has 1 unspecified atom stereocenters. The highest BCUT2D eigenvalue weighted by molar-refractivity contribution is 9.10. The number of rotatable bonds is 5. The van der Waals surface area contributed by atoms with Crippen molar-refractivity contribution in [3.63, 3.8) is 0 Å². The molecule has 0 saturated heterocycles. The van der Waals surface area contributed by atoms with Crippen LogP contribution in [0, 0.1) is 11.3 Å². The fourth-order valence-corrected chi connectivity index (χ4v) is 1.60. The van der Waals surface area contributed by atoms with E-state index < -0.39 is 0 Å². The van der Waals surface area contributed by atoms with Crippen LogP contribution in [0.1, 0.15) is 46.4 Å². The highest BCUT2D eigenvalue weighted by atomic mass is 79.9. The van der Waals surface area contributed by atoms with Gasteiger partial charge in [0, 0.05) is 6.54 Å². The van der Waals surface area contributed by atoms with Gasteiger partial charge in [-0.05, 0) is 46.3 Å². The van der Waals surface area contributed by atoms with E-state index in [9.17, 15) is 0 Å². The summed E-state index contributed by atoms with van der Waals surface area (Å²) in [6, 6.07) is 4.19. The lowest BCUT2D eigenvalue weighted by Gasteiger charge is -2.30. The first-order valence-corrected chi connectivity index (χ1v) is 6.61. The molecule has 0 radical (unpaired) electrons. The molecule has 0 aliphatic carbocycles. The van der Waals surface area contributed by atoms with Crippen LogP contribution in [-0.4, -0.2) is 6.54 Å². The maximum Gasteiger partial charge on any atom is 0.169 e. The first kappa shape index (κ1) is 13.8. The van der Waals surface area contributed by atoms with Gasteiger partial charge in [0.05, 0.1) is 6.04 Å². The van der Waals surface area contributed by atoms with Crippen molar-refractivity contribution in [2.24, 2.45) is 11.3 Å². The lowest BCUT2D eigenvalue weighted by Crippen LogP contribution is -2.34. The van der Waals surface area contributed by atoms with E-state index in [0.29, 0.717) is 11.3 Å². The zero-order valence-corrected chi connectivity index (χ0v) is 12.4. The summed E-state index contributed by atoms with van der Waals surface area (Å²) < 4.78 is 6.32. The lowest BCUT2D eigenvalue weighted by atomic mass is 9.81. The van der Waals surface area contributed by atoms with Gasteiger partial charge in [-0.15, -0.1) is 0 Å². The van der Waals surface area contributed by atoms with E-state index in [1.165, 1.54) is 0 Å². The van der Waals surface area contributed by atoms with Crippen molar-refractivity contribution in [2.45, 2.75) is 40.7 Å². The monoisotopic (exact) mass is 287 g/mol. The van der Waals surface area contributed by atoms with Gasteiger partial charge in [0.2, 0.25) is 0 Å². The van der Waals surface area contributed by atoms with Crippen LogP contribution in [0.5, 0.6) is 0 Å². The Morgan fingerprint density at radius 2 is 1.94 bits per heavy atom. The average Bonchev–Trinajstić information content (AvgIpc) is 2.61. The second-order valence-corrected chi connectivity index (χ2v) is 6.17. The van der Waals surface area contributed by atoms with Crippen molar-refractivity contribution in [3.8, 4) is 0 Å². The van der Waals surface area contributed by atoms with Crippen molar-refractivity contribution < 1.29 is 4.42 Å². The van der Waals surface area contributed by atoms with Gasteiger partial charge >= 0.3 is 0 Å². The molecule has 0 amide bonds. The summed E-state index contributed by atoms with van der Waals surface area (Å²) in [5, 5.41) is 3.52. The van der Waals surface area contributed by atoms with E-state index in [0.717, 1.165) is 17.0 Å². The van der Waals surface area contributed by atoms with Crippen molar-refractivity contribution >= 4 is 15.9 Å². The molecule has 2 nitrogen and oxygen atoms in total. The number of hydrogen-bond donors (Lipinski definition) is 1. The third-order valence-corrected chi connectivity index (χ3v) is 3.87. The molecule has 1 atom stereocenters. The molecule has 1 N–H and O–H groups in total. The van der Waals surface area contributed by atoms with Crippen LogP contribution in [0.15, 0.2) is 21.2 Å². The number of nitrogens with one attached hydrogen (secondary N) is 1. The smallest absolute Gasteiger partial charge is 0.169 e. The zero-order valence-electron chi connectivity index (χ0n) is 10.8. The lowest BCUT2D eigenvalue weighted by molar-refractivity contribution is 0.225. The Hall–Kier alpha value is -0.280. The molecule has 0 aromatic carbocycles. The minimum atomic E-state index is 0.254. The normalized spacial score (nSPS) is 14.4. The summed E-state index contributed by atoms with van der Waals surface area (Å²) in [5.74, 6) is 1.64. The van der Waals surface area contributed by atoms with E-state index in [-0.39, 0.29) is 6.04 Å². The summed E-state index contributed by atoms with van der Waals surface area (Å²) in [6.45, 7) is 12.2. The Balaban J connectivity index is 2.50. The second kappa shape index (κ2) is 5.37. The first-order chi connectivity index (χ1) is 7.33.